The van der Waals surface area contributed by atoms with E-state index < -0.39 is 4.92 Å². The zero-order valence-electron chi connectivity index (χ0n) is 10.7. The van der Waals surface area contributed by atoms with Crippen LogP contribution in [-0.4, -0.2) is 46.5 Å². The third-order valence-corrected chi connectivity index (χ3v) is 4.10. The van der Waals surface area contributed by atoms with E-state index in [1.165, 1.54) is 16.8 Å². The number of hydrogen-bond donors (Lipinski definition) is 1. The first-order valence-corrected chi connectivity index (χ1v) is 6.37. The van der Waals surface area contributed by atoms with E-state index in [9.17, 15) is 14.9 Å². The van der Waals surface area contributed by atoms with Gasteiger partial charge in [0.1, 0.15) is 5.69 Å². The molecule has 0 bridgehead atoms. The summed E-state index contributed by atoms with van der Waals surface area (Å²) < 4.78 is 1.53. The molecule has 0 saturated carbocycles. The lowest BCUT2D eigenvalue weighted by Crippen LogP contribution is -2.32. The topological polar surface area (TPSA) is 80.4 Å². The fourth-order valence-corrected chi connectivity index (χ4v) is 3.04. The second kappa shape index (κ2) is 4.34. The Hall–Kier alpha value is -1.89. The molecule has 1 aromatic rings. The highest BCUT2D eigenvalue weighted by Gasteiger charge is 2.39. The molecule has 2 aliphatic heterocycles. The summed E-state index contributed by atoms with van der Waals surface area (Å²) >= 11 is 0. The van der Waals surface area contributed by atoms with Crippen LogP contribution >= 0.6 is 0 Å². The molecular formula is C12H16N4O3. The van der Waals surface area contributed by atoms with Gasteiger partial charge in [0.15, 0.2) is 0 Å². The average molecular weight is 264 g/mol. The molecule has 7 nitrogen and oxygen atoms in total. The first-order chi connectivity index (χ1) is 9.06. The molecule has 0 aromatic carbocycles. The van der Waals surface area contributed by atoms with Gasteiger partial charge >= 0.3 is 0 Å². The predicted molar refractivity (Wildman–Crippen MR) is 67.8 cm³/mol. The molecule has 2 saturated heterocycles. The number of nitrogens with one attached hydrogen (secondary N) is 1. The fraction of sp³-hybridized carbons (Fsp3) is 0.583. The summed E-state index contributed by atoms with van der Waals surface area (Å²) in [5.41, 5.74) is 0.353. The number of carbonyl (C=O) groups is 1. The zero-order chi connectivity index (χ0) is 13.6. The van der Waals surface area contributed by atoms with Gasteiger partial charge in [-0.05, 0) is 11.8 Å². The summed E-state index contributed by atoms with van der Waals surface area (Å²) in [7, 11) is 1.67. The number of likely N-dealkylation sites (tertiary alicyclic amines) is 1. The van der Waals surface area contributed by atoms with Crippen LogP contribution in [0.2, 0.25) is 0 Å². The van der Waals surface area contributed by atoms with Crippen LogP contribution in [0.1, 0.15) is 10.5 Å². The summed E-state index contributed by atoms with van der Waals surface area (Å²) in [4.78, 5) is 24.5. The normalized spacial score (nSPS) is 25.6. The van der Waals surface area contributed by atoms with Crippen molar-refractivity contribution >= 4 is 11.6 Å². The van der Waals surface area contributed by atoms with Crippen molar-refractivity contribution in [3.8, 4) is 0 Å². The predicted octanol–water partition coefficient (Wildman–Crippen LogP) is 0.225. The molecular weight excluding hydrogens is 248 g/mol. The molecule has 0 unspecified atom stereocenters. The summed E-state index contributed by atoms with van der Waals surface area (Å²) in [6.45, 7) is 3.41. The van der Waals surface area contributed by atoms with Gasteiger partial charge in [-0.2, -0.15) is 0 Å². The second-order valence-electron chi connectivity index (χ2n) is 5.34. The number of fused-ring (bicyclic) bond motifs is 1. The molecule has 0 spiro atoms. The van der Waals surface area contributed by atoms with Crippen molar-refractivity contribution in [3.63, 3.8) is 0 Å². The van der Waals surface area contributed by atoms with E-state index in [1.807, 2.05) is 4.90 Å². The minimum atomic E-state index is -0.473. The van der Waals surface area contributed by atoms with Crippen molar-refractivity contribution in [3.05, 3.63) is 28.1 Å². The van der Waals surface area contributed by atoms with Crippen molar-refractivity contribution in [1.29, 1.82) is 0 Å². The second-order valence-corrected chi connectivity index (χ2v) is 5.34. The highest BCUT2D eigenvalue weighted by molar-refractivity contribution is 5.93. The quantitative estimate of drug-likeness (QED) is 0.612. The van der Waals surface area contributed by atoms with E-state index >= 15 is 0 Å². The molecule has 3 rings (SSSR count). The van der Waals surface area contributed by atoms with Gasteiger partial charge in [0, 0.05) is 39.3 Å². The summed E-state index contributed by atoms with van der Waals surface area (Å²) in [5, 5.41) is 14.1. The number of aromatic nitrogens is 1. The van der Waals surface area contributed by atoms with Gasteiger partial charge in [0.25, 0.3) is 11.6 Å². The van der Waals surface area contributed by atoms with Crippen molar-refractivity contribution in [2.24, 2.45) is 18.9 Å². The van der Waals surface area contributed by atoms with Gasteiger partial charge < -0.3 is 14.8 Å². The Kier molecular flexibility index (Phi) is 2.78. The van der Waals surface area contributed by atoms with Crippen LogP contribution in [0, 0.1) is 22.0 Å². The Labute approximate surface area is 110 Å². The van der Waals surface area contributed by atoms with E-state index in [0.717, 1.165) is 26.2 Å². The van der Waals surface area contributed by atoms with Crippen molar-refractivity contribution in [2.45, 2.75) is 0 Å². The van der Waals surface area contributed by atoms with Crippen molar-refractivity contribution in [1.82, 2.24) is 14.8 Å². The summed E-state index contributed by atoms with van der Waals surface area (Å²) in [6, 6.07) is 1.36. The fourth-order valence-electron chi connectivity index (χ4n) is 3.04. The van der Waals surface area contributed by atoms with Gasteiger partial charge in [-0.15, -0.1) is 0 Å². The minimum Gasteiger partial charge on any atom is -0.340 e. The number of nitro groups is 1. The van der Waals surface area contributed by atoms with Crippen LogP contribution in [-0.2, 0) is 7.05 Å². The average Bonchev–Trinajstić information content (AvgIpc) is 3.00. The molecule has 1 aromatic heterocycles. The molecule has 102 valence electrons. The standard InChI is InChI=1S/C12H16N4O3/c1-14-7-10(16(18)19)2-11(14)12(17)15-5-8-3-13-4-9(8)6-15/h2,7-9,13H,3-6H2,1H3/t8-,9+. The first-order valence-electron chi connectivity index (χ1n) is 6.37. The van der Waals surface area contributed by atoms with Crippen LogP contribution in [0.4, 0.5) is 5.69 Å². The highest BCUT2D eigenvalue weighted by Crippen LogP contribution is 2.28. The minimum absolute atomic E-state index is 0.0353. The molecule has 3 heterocycles. The van der Waals surface area contributed by atoms with Gasteiger partial charge in [0.2, 0.25) is 0 Å². The third kappa shape index (κ3) is 1.99. The molecule has 2 atom stereocenters. The molecule has 1 N–H and O–H groups in total. The molecule has 2 fully saturated rings. The first kappa shape index (κ1) is 12.2. The van der Waals surface area contributed by atoms with E-state index in [4.69, 9.17) is 0 Å². The maximum atomic E-state index is 12.4. The molecule has 0 radical (unpaired) electrons. The van der Waals surface area contributed by atoms with Gasteiger partial charge in [-0.3, -0.25) is 14.9 Å². The Morgan fingerprint density at radius 3 is 2.58 bits per heavy atom. The maximum Gasteiger partial charge on any atom is 0.287 e. The SMILES string of the molecule is Cn1cc([N+](=O)[O-])cc1C(=O)N1C[C@H]2CNC[C@H]2C1. The third-order valence-electron chi connectivity index (χ3n) is 4.10. The molecule has 0 aliphatic carbocycles. The molecule has 7 heteroatoms. The lowest BCUT2D eigenvalue weighted by atomic mass is 10.0. The maximum absolute atomic E-state index is 12.4. The van der Waals surface area contributed by atoms with Crippen LogP contribution in [0.15, 0.2) is 12.3 Å². The number of amides is 1. The van der Waals surface area contributed by atoms with Crippen LogP contribution in [0.3, 0.4) is 0 Å². The molecule has 19 heavy (non-hydrogen) atoms. The lowest BCUT2D eigenvalue weighted by Gasteiger charge is -2.17. The van der Waals surface area contributed by atoms with Crippen LogP contribution in [0.25, 0.3) is 0 Å². The summed E-state index contributed by atoms with van der Waals surface area (Å²) in [5.74, 6) is 0.948. The molecule has 1 amide bonds. The number of aryl methyl sites for hydroxylation is 1. The smallest absolute Gasteiger partial charge is 0.287 e. The lowest BCUT2D eigenvalue weighted by molar-refractivity contribution is -0.384. The van der Waals surface area contributed by atoms with E-state index in [2.05, 4.69) is 5.32 Å². The van der Waals surface area contributed by atoms with Crippen molar-refractivity contribution < 1.29 is 9.72 Å². The summed E-state index contributed by atoms with van der Waals surface area (Å²) in [6.07, 6.45) is 1.38. The van der Waals surface area contributed by atoms with Crippen molar-refractivity contribution in [2.75, 3.05) is 26.2 Å². The van der Waals surface area contributed by atoms with E-state index in [1.54, 1.807) is 7.05 Å². The Morgan fingerprint density at radius 2 is 2.05 bits per heavy atom. The Morgan fingerprint density at radius 1 is 1.42 bits per heavy atom. The monoisotopic (exact) mass is 264 g/mol. The van der Waals surface area contributed by atoms with Gasteiger partial charge in [-0.25, -0.2) is 0 Å². The zero-order valence-corrected chi connectivity index (χ0v) is 10.7. The largest absolute Gasteiger partial charge is 0.340 e. The Balaban J connectivity index is 1.79. The number of carbonyl (C=O) groups excluding carboxylic acids is 1. The van der Waals surface area contributed by atoms with E-state index in [0.29, 0.717) is 17.5 Å². The van der Waals surface area contributed by atoms with Gasteiger partial charge in [-0.1, -0.05) is 0 Å². The van der Waals surface area contributed by atoms with Crippen LogP contribution < -0.4 is 5.32 Å². The number of rotatable bonds is 2. The van der Waals surface area contributed by atoms with Gasteiger partial charge in [0.05, 0.1) is 11.1 Å². The highest BCUT2D eigenvalue weighted by atomic mass is 16.6. The number of nitrogens with zero attached hydrogens (tertiary/aromatic N) is 3. The van der Waals surface area contributed by atoms with E-state index in [-0.39, 0.29) is 11.6 Å². The van der Waals surface area contributed by atoms with Crippen LogP contribution in [0.5, 0.6) is 0 Å². The molecule has 2 aliphatic rings. The number of hydrogen-bond acceptors (Lipinski definition) is 4. The Bertz CT molecular complexity index is 527.